The van der Waals surface area contributed by atoms with E-state index in [2.05, 4.69) is 26.5 Å². The third-order valence-corrected chi connectivity index (χ3v) is 4.99. The highest BCUT2D eigenvalue weighted by atomic mass is 19.1. The molecule has 0 saturated carbocycles. The Morgan fingerprint density at radius 2 is 2.24 bits per heavy atom. The van der Waals surface area contributed by atoms with Gasteiger partial charge in [-0.05, 0) is 44.4 Å². The zero-order valence-corrected chi connectivity index (χ0v) is 14.5. The Hall–Kier alpha value is -2.28. The molecular formula is C18H23FN6. The highest BCUT2D eigenvalue weighted by Crippen LogP contribution is 2.22. The lowest BCUT2D eigenvalue weighted by Crippen LogP contribution is -2.37. The summed E-state index contributed by atoms with van der Waals surface area (Å²) in [4.78, 5) is 11.2. The molecule has 1 aliphatic heterocycles. The van der Waals surface area contributed by atoms with Crippen LogP contribution < -0.4 is 0 Å². The third-order valence-electron chi connectivity index (χ3n) is 4.99. The zero-order valence-electron chi connectivity index (χ0n) is 14.5. The fraction of sp³-hybridized carbons (Fsp3) is 0.500. The average molecular weight is 342 g/mol. The van der Waals surface area contributed by atoms with E-state index in [0.717, 1.165) is 49.6 Å². The Labute approximate surface area is 146 Å². The number of aryl methyl sites for hydroxylation is 1. The smallest absolute Gasteiger partial charge is 0.137 e. The lowest BCUT2D eigenvalue weighted by molar-refractivity contribution is 0.149. The summed E-state index contributed by atoms with van der Waals surface area (Å²) in [5, 5.41) is 4.22. The second kappa shape index (κ2) is 6.92. The summed E-state index contributed by atoms with van der Waals surface area (Å²) in [6, 6.07) is 4.86. The van der Waals surface area contributed by atoms with Crippen molar-refractivity contribution >= 4 is 11.0 Å². The van der Waals surface area contributed by atoms with E-state index in [9.17, 15) is 4.39 Å². The van der Waals surface area contributed by atoms with Gasteiger partial charge in [-0.2, -0.15) is 5.10 Å². The van der Waals surface area contributed by atoms with Crippen LogP contribution in [-0.4, -0.2) is 42.3 Å². The lowest BCUT2D eigenvalue weighted by Gasteiger charge is -2.32. The zero-order chi connectivity index (χ0) is 17.2. The largest absolute Gasteiger partial charge is 0.327 e. The molecule has 0 radical (unpaired) electrons. The van der Waals surface area contributed by atoms with Crippen LogP contribution in [0.15, 0.2) is 30.9 Å². The summed E-state index contributed by atoms with van der Waals surface area (Å²) in [5.74, 6) is 1.36. The van der Waals surface area contributed by atoms with Gasteiger partial charge in [-0.25, -0.2) is 14.4 Å². The van der Waals surface area contributed by atoms with Crippen LogP contribution in [0, 0.1) is 11.7 Å². The van der Waals surface area contributed by atoms with E-state index in [1.54, 1.807) is 12.7 Å². The van der Waals surface area contributed by atoms with Crippen molar-refractivity contribution in [2.24, 2.45) is 5.92 Å². The first-order valence-corrected chi connectivity index (χ1v) is 8.92. The van der Waals surface area contributed by atoms with Crippen molar-refractivity contribution in [3.8, 4) is 0 Å². The molecule has 0 spiro atoms. The normalized spacial score (nSPS) is 18.9. The molecule has 7 heteroatoms. The number of halogens is 1. The summed E-state index contributed by atoms with van der Waals surface area (Å²) < 4.78 is 17.6. The van der Waals surface area contributed by atoms with Gasteiger partial charge in [-0.3, -0.25) is 9.58 Å². The molecule has 2 aromatic heterocycles. The molecule has 6 nitrogen and oxygen atoms in total. The molecular weight excluding hydrogens is 319 g/mol. The van der Waals surface area contributed by atoms with Crippen molar-refractivity contribution in [1.29, 1.82) is 0 Å². The van der Waals surface area contributed by atoms with E-state index >= 15 is 0 Å². The third kappa shape index (κ3) is 3.42. The quantitative estimate of drug-likeness (QED) is 0.715. The highest BCUT2D eigenvalue weighted by Gasteiger charge is 2.22. The highest BCUT2D eigenvalue weighted by molar-refractivity contribution is 5.76. The van der Waals surface area contributed by atoms with Gasteiger partial charge in [0.15, 0.2) is 0 Å². The van der Waals surface area contributed by atoms with E-state index in [1.807, 2.05) is 10.7 Å². The number of aromatic nitrogens is 5. The molecule has 1 aromatic carbocycles. The Morgan fingerprint density at radius 3 is 3.04 bits per heavy atom. The Bertz CT molecular complexity index is 841. The maximum absolute atomic E-state index is 13.5. The summed E-state index contributed by atoms with van der Waals surface area (Å²) in [7, 11) is 0. The number of piperidine rings is 1. The van der Waals surface area contributed by atoms with E-state index in [1.165, 1.54) is 25.0 Å². The van der Waals surface area contributed by atoms with Gasteiger partial charge in [0.2, 0.25) is 0 Å². The van der Waals surface area contributed by atoms with E-state index < -0.39 is 0 Å². The Morgan fingerprint density at radius 1 is 1.32 bits per heavy atom. The van der Waals surface area contributed by atoms with Crippen molar-refractivity contribution in [2.75, 3.05) is 13.1 Å². The van der Waals surface area contributed by atoms with Crippen LogP contribution in [0.1, 0.15) is 25.6 Å². The van der Waals surface area contributed by atoms with Crippen LogP contribution in [-0.2, 0) is 19.6 Å². The van der Waals surface area contributed by atoms with Crippen molar-refractivity contribution in [3.63, 3.8) is 0 Å². The molecule has 3 heterocycles. The Balaban J connectivity index is 1.50. The minimum absolute atomic E-state index is 0.231. The fourth-order valence-corrected chi connectivity index (χ4v) is 3.86. The lowest BCUT2D eigenvalue weighted by atomic mass is 9.98. The molecule has 1 fully saturated rings. The summed E-state index contributed by atoms with van der Waals surface area (Å²) in [6.07, 6.45) is 5.76. The number of hydrogen-bond donors (Lipinski definition) is 0. The van der Waals surface area contributed by atoms with Crippen molar-refractivity contribution in [1.82, 2.24) is 29.2 Å². The van der Waals surface area contributed by atoms with Crippen molar-refractivity contribution in [3.05, 3.63) is 42.5 Å². The first-order valence-electron chi connectivity index (χ1n) is 8.92. The maximum Gasteiger partial charge on any atom is 0.137 e. The average Bonchev–Trinajstić information content (AvgIpc) is 3.22. The van der Waals surface area contributed by atoms with E-state index in [0.29, 0.717) is 5.92 Å². The van der Waals surface area contributed by atoms with Gasteiger partial charge in [0.25, 0.3) is 0 Å². The molecule has 3 aromatic rings. The standard InChI is InChI=1S/C18H23FN6/c1-2-25-17-6-5-15(19)8-16(17)22-18(25)11-23-7-3-4-14(9-23)10-24-13-20-12-21-24/h5-6,8,12-14H,2-4,7,9-11H2,1H3. The molecule has 0 amide bonds. The van der Waals surface area contributed by atoms with Crippen LogP contribution in [0.25, 0.3) is 11.0 Å². The Kier molecular flexibility index (Phi) is 4.48. The van der Waals surface area contributed by atoms with Gasteiger partial charge in [-0.15, -0.1) is 0 Å². The minimum Gasteiger partial charge on any atom is -0.327 e. The summed E-state index contributed by atoms with van der Waals surface area (Å²) >= 11 is 0. The molecule has 132 valence electrons. The maximum atomic E-state index is 13.5. The number of likely N-dealkylation sites (tertiary alicyclic amines) is 1. The second-order valence-electron chi connectivity index (χ2n) is 6.77. The van der Waals surface area contributed by atoms with Gasteiger partial charge >= 0.3 is 0 Å². The molecule has 0 aliphatic carbocycles. The predicted molar refractivity (Wildman–Crippen MR) is 93.4 cm³/mol. The first kappa shape index (κ1) is 16.2. The fourth-order valence-electron chi connectivity index (χ4n) is 3.86. The van der Waals surface area contributed by atoms with Crippen LogP contribution >= 0.6 is 0 Å². The number of nitrogens with zero attached hydrogens (tertiary/aromatic N) is 6. The molecule has 4 rings (SSSR count). The number of fused-ring (bicyclic) bond motifs is 1. The van der Waals surface area contributed by atoms with Crippen LogP contribution in [0.4, 0.5) is 4.39 Å². The molecule has 0 bridgehead atoms. The van der Waals surface area contributed by atoms with Crippen LogP contribution in [0.3, 0.4) is 0 Å². The van der Waals surface area contributed by atoms with Crippen molar-refractivity contribution < 1.29 is 4.39 Å². The molecule has 1 saturated heterocycles. The molecule has 1 atom stereocenters. The van der Waals surface area contributed by atoms with E-state index in [-0.39, 0.29) is 5.82 Å². The van der Waals surface area contributed by atoms with Gasteiger partial charge in [-0.1, -0.05) is 0 Å². The van der Waals surface area contributed by atoms with Gasteiger partial charge in [0.1, 0.15) is 24.3 Å². The van der Waals surface area contributed by atoms with Gasteiger partial charge < -0.3 is 4.57 Å². The predicted octanol–water partition coefficient (Wildman–Crippen LogP) is 2.70. The van der Waals surface area contributed by atoms with Gasteiger partial charge in [0, 0.05) is 25.7 Å². The molecule has 1 aliphatic rings. The number of rotatable bonds is 5. The summed E-state index contributed by atoms with van der Waals surface area (Å²) in [5.41, 5.74) is 1.75. The van der Waals surface area contributed by atoms with E-state index in [4.69, 9.17) is 4.98 Å². The van der Waals surface area contributed by atoms with Crippen LogP contribution in [0.2, 0.25) is 0 Å². The minimum atomic E-state index is -0.231. The monoisotopic (exact) mass is 342 g/mol. The van der Waals surface area contributed by atoms with Crippen molar-refractivity contribution in [2.45, 2.75) is 39.4 Å². The molecule has 1 unspecified atom stereocenters. The SMILES string of the molecule is CCn1c(CN2CCCC(Cn3cncn3)C2)nc2cc(F)ccc21. The number of hydrogen-bond acceptors (Lipinski definition) is 4. The van der Waals surface area contributed by atoms with Gasteiger partial charge in [0.05, 0.1) is 17.6 Å². The second-order valence-corrected chi connectivity index (χ2v) is 6.77. The number of imidazole rings is 1. The first-order chi connectivity index (χ1) is 12.2. The molecule has 0 N–H and O–H groups in total. The van der Waals surface area contributed by atoms with Crippen LogP contribution in [0.5, 0.6) is 0 Å². The molecule has 25 heavy (non-hydrogen) atoms. The number of benzene rings is 1. The topological polar surface area (TPSA) is 51.8 Å². The summed E-state index contributed by atoms with van der Waals surface area (Å²) in [6.45, 7) is 6.77.